The van der Waals surface area contributed by atoms with Crippen molar-refractivity contribution in [3.8, 4) is 0 Å². The number of para-hydroxylation sites is 1. The summed E-state index contributed by atoms with van der Waals surface area (Å²) < 4.78 is 0. The molecular formula is C12H14N2O3. The van der Waals surface area contributed by atoms with Gasteiger partial charge in [-0.05, 0) is 12.1 Å². The van der Waals surface area contributed by atoms with E-state index in [1.54, 1.807) is 29.2 Å². The zero-order chi connectivity index (χ0) is 12.4. The third-order valence-corrected chi connectivity index (χ3v) is 2.62. The molecule has 1 aliphatic heterocycles. The first-order valence-electron chi connectivity index (χ1n) is 5.42. The smallest absolute Gasteiger partial charge is 0.256 e. The Balaban J connectivity index is 2.19. The van der Waals surface area contributed by atoms with Gasteiger partial charge in [-0.25, -0.2) is 0 Å². The third-order valence-electron chi connectivity index (χ3n) is 2.62. The summed E-state index contributed by atoms with van der Waals surface area (Å²) in [5.41, 5.74) is 0.959. The Labute approximate surface area is 99.0 Å². The third kappa shape index (κ3) is 2.45. The van der Waals surface area contributed by atoms with Crippen LogP contribution in [0.5, 0.6) is 0 Å². The molecule has 1 aliphatic rings. The highest BCUT2D eigenvalue weighted by atomic mass is 16.3. The quantitative estimate of drug-likeness (QED) is 0.781. The largest absolute Gasteiger partial charge is 0.389 e. The highest BCUT2D eigenvalue weighted by Gasteiger charge is 2.30. The number of amides is 2. The number of nitrogens with one attached hydrogen (secondary N) is 1. The fraction of sp³-hybridized carbons (Fsp3) is 0.333. The van der Waals surface area contributed by atoms with Crippen molar-refractivity contribution >= 4 is 17.5 Å². The van der Waals surface area contributed by atoms with E-state index < -0.39 is 6.10 Å². The number of carbonyl (C=O) groups excluding carboxylic acids is 2. The second-order valence-electron chi connectivity index (χ2n) is 4.09. The molecule has 5 nitrogen and oxygen atoms in total. The molecule has 2 rings (SSSR count). The minimum Gasteiger partial charge on any atom is -0.389 e. The summed E-state index contributed by atoms with van der Waals surface area (Å²) in [4.78, 5) is 24.6. The Morgan fingerprint density at radius 2 is 2.00 bits per heavy atom. The number of β-amino-alcohol motifs (C(OH)–C–C–N with tert-alkyl or cyclic N) is 1. The SMILES string of the molecule is CC(=O)Nc1ccccc1C(=O)N1CC(O)C1. The average Bonchev–Trinajstić information content (AvgIpc) is 2.24. The maximum Gasteiger partial charge on any atom is 0.256 e. The van der Waals surface area contributed by atoms with Gasteiger partial charge in [0.15, 0.2) is 0 Å². The van der Waals surface area contributed by atoms with E-state index >= 15 is 0 Å². The number of likely N-dealkylation sites (tertiary alicyclic amines) is 1. The van der Waals surface area contributed by atoms with Crippen LogP contribution in [0, 0.1) is 0 Å². The van der Waals surface area contributed by atoms with Crippen LogP contribution < -0.4 is 5.32 Å². The van der Waals surface area contributed by atoms with E-state index in [9.17, 15) is 9.59 Å². The first-order valence-corrected chi connectivity index (χ1v) is 5.42. The number of hydrogen-bond acceptors (Lipinski definition) is 3. The van der Waals surface area contributed by atoms with Gasteiger partial charge in [-0.2, -0.15) is 0 Å². The molecule has 1 fully saturated rings. The first kappa shape index (κ1) is 11.6. The lowest BCUT2D eigenvalue weighted by molar-refractivity contribution is -0.114. The summed E-state index contributed by atoms with van der Waals surface area (Å²) in [6, 6.07) is 6.85. The van der Waals surface area contributed by atoms with Gasteiger partial charge in [0.1, 0.15) is 0 Å². The average molecular weight is 234 g/mol. The van der Waals surface area contributed by atoms with Crippen LogP contribution >= 0.6 is 0 Å². The van der Waals surface area contributed by atoms with Crippen molar-refractivity contribution < 1.29 is 14.7 Å². The van der Waals surface area contributed by atoms with Gasteiger partial charge < -0.3 is 15.3 Å². The van der Waals surface area contributed by atoms with E-state index in [0.29, 0.717) is 24.3 Å². The molecule has 90 valence electrons. The molecule has 0 unspecified atom stereocenters. The minimum atomic E-state index is -0.424. The van der Waals surface area contributed by atoms with E-state index in [4.69, 9.17) is 5.11 Å². The van der Waals surface area contributed by atoms with Crippen LogP contribution in [0.3, 0.4) is 0 Å². The Hall–Kier alpha value is -1.88. The number of anilines is 1. The van der Waals surface area contributed by atoms with Crippen molar-refractivity contribution in [2.75, 3.05) is 18.4 Å². The Morgan fingerprint density at radius 1 is 1.35 bits per heavy atom. The van der Waals surface area contributed by atoms with Gasteiger partial charge in [0, 0.05) is 20.0 Å². The lowest BCUT2D eigenvalue weighted by Gasteiger charge is -2.36. The predicted octanol–water partition coefficient (Wildman–Crippen LogP) is 0.462. The standard InChI is InChI=1S/C12H14N2O3/c1-8(15)13-11-5-3-2-4-10(11)12(17)14-6-9(16)7-14/h2-5,9,16H,6-7H2,1H3,(H,13,15). The number of carbonyl (C=O) groups is 2. The molecule has 1 saturated heterocycles. The zero-order valence-corrected chi connectivity index (χ0v) is 9.51. The van der Waals surface area contributed by atoms with E-state index in [-0.39, 0.29) is 11.8 Å². The van der Waals surface area contributed by atoms with Crippen molar-refractivity contribution in [1.29, 1.82) is 0 Å². The van der Waals surface area contributed by atoms with Gasteiger partial charge >= 0.3 is 0 Å². The van der Waals surface area contributed by atoms with Crippen LogP contribution in [0.4, 0.5) is 5.69 Å². The summed E-state index contributed by atoms with van der Waals surface area (Å²) in [6.45, 7) is 2.11. The van der Waals surface area contributed by atoms with Crippen molar-refractivity contribution in [2.24, 2.45) is 0 Å². The lowest BCUT2D eigenvalue weighted by Crippen LogP contribution is -2.53. The van der Waals surface area contributed by atoms with Crippen LogP contribution in [0.15, 0.2) is 24.3 Å². The van der Waals surface area contributed by atoms with Crippen molar-refractivity contribution in [3.63, 3.8) is 0 Å². The normalized spacial score (nSPS) is 15.3. The van der Waals surface area contributed by atoms with Gasteiger partial charge in [0.2, 0.25) is 5.91 Å². The molecule has 5 heteroatoms. The number of rotatable bonds is 2. The number of hydrogen-bond donors (Lipinski definition) is 2. The summed E-state index contributed by atoms with van der Waals surface area (Å²) in [6.07, 6.45) is -0.424. The summed E-state index contributed by atoms with van der Waals surface area (Å²) >= 11 is 0. The molecular weight excluding hydrogens is 220 g/mol. The van der Waals surface area contributed by atoms with Crippen molar-refractivity contribution in [1.82, 2.24) is 4.90 Å². The molecule has 0 bridgehead atoms. The van der Waals surface area contributed by atoms with E-state index in [1.165, 1.54) is 6.92 Å². The van der Waals surface area contributed by atoms with Crippen LogP contribution in [0.1, 0.15) is 17.3 Å². The maximum atomic E-state index is 12.0. The second-order valence-corrected chi connectivity index (χ2v) is 4.09. The Morgan fingerprint density at radius 3 is 2.59 bits per heavy atom. The van der Waals surface area contributed by atoms with E-state index in [1.807, 2.05) is 0 Å². The molecule has 2 amide bonds. The fourth-order valence-electron chi connectivity index (χ4n) is 1.76. The van der Waals surface area contributed by atoms with Crippen LogP contribution in [-0.2, 0) is 4.79 Å². The highest BCUT2D eigenvalue weighted by Crippen LogP contribution is 2.20. The number of nitrogens with zero attached hydrogens (tertiary/aromatic N) is 1. The van der Waals surface area contributed by atoms with Crippen LogP contribution in [-0.4, -0.2) is 41.0 Å². The lowest BCUT2D eigenvalue weighted by atomic mass is 10.1. The second kappa shape index (κ2) is 4.55. The summed E-state index contributed by atoms with van der Waals surface area (Å²) in [7, 11) is 0. The number of aliphatic hydroxyl groups excluding tert-OH is 1. The molecule has 0 atom stereocenters. The topological polar surface area (TPSA) is 69.6 Å². The Kier molecular flexibility index (Phi) is 3.10. The molecule has 0 saturated carbocycles. The zero-order valence-electron chi connectivity index (χ0n) is 9.51. The molecule has 0 radical (unpaired) electrons. The Bertz CT molecular complexity index is 453. The summed E-state index contributed by atoms with van der Waals surface area (Å²) in [5, 5.41) is 11.8. The molecule has 1 heterocycles. The first-order chi connectivity index (χ1) is 8.08. The van der Waals surface area contributed by atoms with Gasteiger partial charge in [-0.1, -0.05) is 12.1 Å². The monoisotopic (exact) mass is 234 g/mol. The molecule has 1 aromatic carbocycles. The van der Waals surface area contributed by atoms with E-state index in [0.717, 1.165) is 0 Å². The van der Waals surface area contributed by atoms with Crippen molar-refractivity contribution in [2.45, 2.75) is 13.0 Å². The van der Waals surface area contributed by atoms with Gasteiger partial charge in [0.05, 0.1) is 17.4 Å². The molecule has 2 N–H and O–H groups in total. The summed E-state index contributed by atoms with van der Waals surface area (Å²) in [5.74, 6) is -0.381. The molecule has 17 heavy (non-hydrogen) atoms. The minimum absolute atomic E-state index is 0.167. The predicted molar refractivity (Wildman–Crippen MR) is 62.7 cm³/mol. The van der Waals surface area contributed by atoms with Gasteiger partial charge in [-0.15, -0.1) is 0 Å². The number of aliphatic hydroxyl groups is 1. The van der Waals surface area contributed by atoms with Crippen LogP contribution in [0.25, 0.3) is 0 Å². The fourth-order valence-corrected chi connectivity index (χ4v) is 1.76. The molecule has 0 spiro atoms. The van der Waals surface area contributed by atoms with Crippen LogP contribution in [0.2, 0.25) is 0 Å². The van der Waals surface area contributed by atoms with Gasteiger partial charge in [-0.3, -0.25) is 9.59 Å². The molecule has 0 aliphatic carbocycles. The molecule has 0 aromatic heterocycles. The van der Waals surface area contributed by atoms with Crippen molar-refractivity contribution in [3.05, 3.63) is 29.8 Å². The highest BCUT2D eigenvalue weighted by molar-refractivity contribution is 6.03. The molecule has 1 aromatic rings. The van der Waals surface area contributed by atoms with Gasteiger partial charge in [0.25, 0.3) is 5.91 Å². The number of benzene rings is 1. The van der Waals surface area contributed by atoms with E-state index in [2.05, 4.69) is 5.32 Å². The maximum absolute atomic E-state index is 12.0.